The van der Waals surface area contributed by atoms with E-state index in [0.29, 0.717) is 32.0 Å². The van der Waals surface area contributed by atoms with Crippen LogP contribution in [-0.2, 0) is 9.53 Å². The maximum atomic E-state index is 12.6. The minimum Gasteiger partial charge on any atom is -0.378 e. The Kier molecular flexibility index (Phi) is 5.68. The van der Waals surface area contributed by atoms with E-state index in [1.807, 2.05) is 26.0 Å². The zero-order valence-electron chi connectivity index (χ0n) is 15.3. The summed E-state index contributed by atoms with van der Waals surface area (Å²) in [6.45, 7) is 6.40. The average Bonchev–Trinajstić information content (AvgIpc) is 3.11. The van der Waals surface area contributed by atoms with Gasteiger partial charge in [0.2, 0.25) is 5.91 Å². The molecule has 1 aliphatic heterocycles. The van der Waals surface area contributed by atoms with Gasteiger partial charge in [0.25, 0.3) is 5.91 Å². The summed E-state index contributed by atoms with van der Waals surface area (Å²) in [5.41, 5.74) is 3.74. The number of rotatable bonds is 4. The molecule has 138 valence electrons. The third-order valence-corrected chi connectivity index (χ3v) is 5.29. The van der Waals surface area contributed by atoms with Crippen LogP contribution in [0.1, 0.15) is 21.6 Å². The molecule has 1 fully saturated rings. The molecule has 0 unspecified atom stereocenters. The van der Waals surface area contributed by atoms with E-state index in [1.54, 1.807) is 17.3 Å². The van der Waals surface area contributed by atoms with Crippen molar-refractivity contribution >= 4 is 23.2 Å². The Morgan fingerprint density at radius 3 is 2.69 bits per heavy atom. The smallest absolute Gasteiger partial charge is 0.273 e. The molecule has 0 atom stereocenters. The lowest BCUT2D eigenvalue weighted by molar-refractivity contribution is -0.135. The molecule has 6 nitrogen and oxygen atoms in total. The number of ether oxygens (including phenoxy) is 1. The molecule has 2 aromatic rings. The highest BCUT2D eigenvalue weighted by molar-refractivity contribution is 7.13. The van der Waals surface area contributed by atoms with Crippen molar-refractivity contribution in [3.05, 3.63) is 40.4 Å². The van der Waals surface area contributed by atoms with Gasteiger partial charge in [0.15, 0.2) is 0 Å². The second kappa shape index (κ2) is 7.97. The quantitative estimate of drug-likeness (QED) is 0.825. The zero-order chi connectivity index (χ0) is 18.7. The Labute approximate surface area is 157 Å². The molecule has 3 rings (SSSR count). The maximum Gasteiger partial charge on any atom is 0.273 e. The summed E-state index contributed by atoms with van der Waals surface area (Å²) >= 11 is 1.44. The molecule has 0 bridgehead atoms. The first-order valence-electron chi connectivity index (χ1n) is 8.60. The lowest BCUT2D eigenvalue weighted by atomic mass is 10.1. The van der Waals surface area contributed by atoms with Crippen molar-refractivity contribution in [2.45, 2.75) is 13.8 Å². The molecule has 7 heteroatoms. The summed E-state index contributed by atoms with van der Waals surface area (Å²) in [5.74, 6) is -0.298. The number of hydrogen-bond donors (Lipinski definition) is 0. The third kappa shape index (κ3) is 4.11. The van der Waals surface area contributed by atoms with Gasteiger partial charge in [-0.1, -0.05) is 23.8 Å². The number of benzene rings is 1. The largest absolute Gasteiger partial charge is 0.378 e. The molecule has 1 aromatic carbocycles. The summed E-state index contributed by atoms with van der Waals surface area (Å²) in [7, 11) is 1.64. The van der Waals surface area contributed by atoms with Crippen molar-refractivity contribution in [1.82, 2.24) is 14.8 Å². The molecule has 1 aromatic heterocycles. The van der Waals surface area contributed by atoms with Gasteiger partial charge in [-0.3, -0.25) is 9.59 Å². The molecule has 26 heavy (non-hydrogen) atoms. The van der Waals surface area contributed by atoms with E-state index >= 15 is 0 Å². The van der Waals surface area contributed by atoms with Crippen LogP contribution in [0.5, 0.6) is 0 Å². The number of amides is 2. The first kappa shape index (κ1) is 18.5. The van der Waals surface area contributed by atoms with Gasteiger partial charge in [-0.2, -0.15) is 0 Å². The molecular weight excluding hydrogens is 350 g/mol. The highest BCUT2D eigenvalue weighted by Gasteiger charge is 2.22. The van der Waals surface area contributed by atoms with Gasteiger partial charge >= 0.3 is 0 Å². The van der Waals surface area contributed by atoms with E-state index in [2.05, 4.69) is 11.1 Å². The highest BCUT2D eigenvalue weighted by atomic mass is 32.1. The molecule has 1 aliphatic rings. The Bertz CT molecular complexity index is 812. The van der Waals surface area contributed by atoms with Crippen molar-refractivity contribution in [1.29, 1.82) is 0 Å². The molecule has 0 spiro atoms. The van der Waals surface area contributed by atoms with Gasteiger partial charge in [-0.25, -0.2) is 4.98 Å². The Morgan fingerprint density at radius 2 is 2.00 bits per heavy atom. The van der Waals surface area contributed by atoms with Crippen molar-refractivity contribution in [2.75, 3.05) is 39.9 Å². The molecule has 0 N–H and O–H groups in total. The van der Waals surface area contributed by atoms with Crippen LogP contribution in [0.15, 0.2) is 23.6 Å². The highest BCUT2D eigenvalue weighted by Crippen LogP contribution is 2.27. The van der Waals surface area contributed by atoms with E-state index in [4.69, 9.17) is 4.74 Å². The molecule has 1 saturated heterocycles. The van der Waals surface area contributed by atoms with E-state index in [0.717, 1.165) is 16.1 Å². The summed E-state index contributed by atoms with van der Waals surface area (Å²) in [6.07, 6.45) is 0. The Morgan fingerprint density at radius 1 is 1.27 bits per heavy atom. The Hall–Kier alpha value is -2.25. The van der Waals surface area contributed by atoms with Gasteiger partial charge < -0.3 is 14.5 Å². The number of aryl methyl sites for hydroxylation is 2. The summed E-state index contributed by atoms with van der Waals surface area (Å²) in [4.78, 5) is 32.6. The average molecular weight is 373 g/mol. The van der Waals surface area contributed by atoms with E-state index in [1.165, 1.54) is 21.8 Å². The number of aromatic nitrogens is 1. The zero-order valence-corrected chi connectivity index (χ0v) is 16.1. The fourth-order valence-corrected chi connectivity index (χ4v) is 3.82. The van der Waals surface area contributed by atoms with Gasteiger partial charge in [0.05, 0.1) is 19.8 Å². The number of morpholine rings is 1. The predicted molar refractivity (Wildman–Crippen MR) is 101 cm³/mol. The molecule has 0 radical (unpaired) electrons. The lowest BCUT2D eigenvalue weighted by Gasteiger charge is -2.28. The predicted octanol–water partition coefficient (Wildman–Crippen LogP) is 2.36. The monoisotopic (exact) mass is 373 g/mol. The lowest BCUT2D eigenvalue weighted by Crippen LogP contribution is -2.46. The normalized spacial score (nSPS) is 14.3. The third-order valence-electron chi connectivity index (χ3n) is 4.42. The van der Waals surface area contributed by atoms with Crippen LogP contribution >= 0.6 is 11.3 Å². The first-order chi connectivity index (χ1) is 12.5. The van der Waals surface area contributed by atoms with Gasteiger partial charge in [-0.05, 0) is 19.4 Å². The molecule has 2 amide bonds. The second-order valence-corrected chi connectivity index (χ2v) is 7.37. The van der Waals surface area contributed by atoms with Crippen LogP contribution in [0.25, 0.3) is 10.6 Å². The maximum absolute atomic E-state index is 12.6. The molecule has 2 heterocycles. The molecular formula is C19H23N3O3S. The van der Waals surface area contributed by atoms with Crippen molar-refractivity contribution in [3.8, 4) is 10.6 Å². The Balaban J connectivity index is 1.68. The van der Waals surface area contributed by atoms with E-state index in [-0.39, 0.29) is 18.4 Å². The van der Waals surface area contributed by atoms with E-state index < -0.39 is 0 Å². The molecule has 0 saturated carbocycles. The van der Waals surface area contributed by atoms with Crippen molar-refractivity contribution < 1.29 is 14.3 Å². The first-order valence-corrected chi connectivity index (χ1v) is 9.48. The number of likely N-dealkylation sites (N-methyl/N-ethyl adjacent to an activating group) is 1. The molecule has 0 aliphatic carbocycles. The second-order valence-electron chi connectivity index (χ2n) is 6.51. The van der Waals surface area contributed by atoms with Gasteiger partial charge in [0, 0.05) is 31.1 Å². The SMILES string of the molecule is Cc1ccc(-c2nc(C(=O)N(C)CC(=O)N3CCOCC3)cs2)c(C)c1. The number of thiazole rings is 1. The van der Waals surface area contributed by atoms with Crippen LogP contribution in [0, 0.1) is 13.8 Å². The minimum absolute atomic E-state index is 0.0508. The van der Waals surface area contributed by atoms with Crippen LogP contribution in [0.2, 0.25) is 0 Å². The van der Waals surface area contributed by atoms with Crippen molar-refractivity contribution in [3.63, 3.8) is 0 Å². The summed E-state index contributed by atoms with van der Waals surface area (Å²) < 4.78 is 5.25. The standard InChI is InChI=1S/C19H23N3O3S/c1-13-4-5-15(14(2)10-13)18-20-16(12-26-18)19(24)21(3)11-17(23)22-6-8-25-9-7-22/h4-5,10,12H,6-9,11H2,1-3H3. The number of carbonyl (C=O) groups is 2. The topological polar surface area (TPSA) is 62.7 Å². The van der Waals surface area contributed by atoms with Gasteiger partial charge in [0.1, 0.15) is 10.7 Å². The minimum atomic E-state index is -0.237. The fourth-order valence-electron chi connectivity index (χ4n) is 2.93. The number of nitrogens with zero attached hydrogens (tertiary/aromatic N) is 3. The fraction of sp³-hybridized carbons (Fsp3) is 0.421. The van der Waals surface area contributed by atoms with Crippen LogP contribution in [0.4, 0.5) is 0 Å². The van der Waals surface area contributed by atoms with Crippen LogP contribution in [0.3, 0.4) is 0 Å². The van der Waals surface area contributed by atoms with Crippen LogP contribution in [-0.4, -0.2) is 66.5 Å². The van der Waals surface area contributed by atoms with Crippen LogP contribution < -0.4 is 0 Å². The number of carbonyl (C=O) groups excluding carboxylic acids is 2. The number of hydrogen-bond acceptors (Lipinski definition) is 5. The van der Waals surface area contributed by atoms with E-state index in [9.17, 15) is 9.59 Å². The van der Waals surface area contributed by atoms with Gasteiger partial charge in [-0.15, -0.1) is 11.3 Å². The summed E-state index contributed by atoms with van der Waals surface area (Å²) in [6, 6.07) is 6.17. The van der Waals surface area contributed by atoms with Crippen molar-refractivity contribution in [2.24, 2.45) is 0 Å². The summed E-state index contributed by atoms with van der Waals surface area (Å²) in [5, 5.41) is 2.57.